The van der Waals surface area contributed by atoms with Crippen molar-refractivity contribution in [3.63, 3.8) is 0 Å². The predicted molar refractivity (Wildman–Crippen MR) is 83.8 cm³/mol. The van der Waals surface area contributed by atoms with Gasteiger partial charge in [-0.2, -0.15) is 10.1 Å². The van der Waals surface area contributed by atoms with Crippen LogP contribution in [0, 0.1) is 0 Å². The second-order valence-corrected chi connectivity index (χ2v) is 4.99. The second kappa shape index (κ2) is 7.42. The maximum absolute atomic E-state index is 5.21. The molecule has 2 aromatic rings. The summed E-state index contributed by atoms with van der Waals surface area (Å²) in [5.74, 6) is 2.13. The molecule has 0 radical (unpaired) electrons. The van der Waals surface area contributed by atoms with Gasteiger partial charge in [-0.3, -0.25) is 0 Å². The highest BCUT2D eigenvalue weighted by Gasteiger charge is 2.02. The van der Waals surface area contributed by atoms with Crippen molar-refractivity contribution in [2.75, 3.05) is 24.3 Å². The maximum atomic E-state index is 5.21. The number of aromatic nitrogens is 3. The van der Waals surface area contributed by atoms with E-state index in [1.807, 2.05) is 18.2 Å². The molecule has 21 heavy (non-hydrogen) atoms. The van der Waals surface area contributed by atoms with Crippen molar-refractivity contribution in [1.82, 2.24) is 15.2 Å². The largest absolute Gasteiger partial charge is 0.497 e. The van der Waals surface area contributed by atoms with Gasteiger partial charge in [0.05, 0.1) is 13.3 Å². The highest BCUT2D eigenvalue weighted by atomic mass is 16.5. The Morgan fingerprint density at radius 3 is 2.90 bits per heavy atom. The van der Waals surface area contributed by atoms with Gasteiger partial charge in [-0.25, -0.2) is 0 Å². The average Bonchev–Trinajstić information content (AvgIpc) is 2.47. The van der Waals surface area contributed by atoms with Gasteiger partial charge in [0.25, 0.3) is 0 Å². The molecule has 0 atom stereocenters. The molecule has 0 aliphatic heterocycles. The molecular weight excluding hydrogens is 266 g/mol. The van der Waals surface area contributed by atoms with Gasteiger partial charge in [0.15, 0.2) is 5.82 Å². The van der Waals surface area contributed by atoms with E-state index in [1.165, 1.54) is 5.56 Å². The lowest BCUT2D eigenvalue weighted by Gasteiger charge is -2.10. The third kappa shape index (κ3) is 4.91. The van der Waals surface area contributed by atoms with E-state index in [1.54, 1.807) is 13.3 Å². The zero-order valence-electron chi connectivity index (χ0n) is 12.6. The Morgan fingerprint density at radius 1 is 1.29 bits per heavy atom. The fraction of sp³-hybridized carbons (Fsp3) is 0.400. The summed E-state index contributed by atoms with van der Waals surface area (Å²) in [6.07, 6.45) is 2.48. The molecule has 0 amide bonds. The minimum absolute atomic E-state index is 0.311. The van der Waals surface area contributed by atoms with Crippen LogP contribution in [0.15, 0.2) is 30.5 Å². The van der Waals surface area contributed by atoms with Crippen molar-refractivity contribution in [2.45, 2.75) is 26.3 Å². The molecule has 1 aromatic heterocycles. The zero-order chi connectivity index (χ0) is 15.1. The summed E-state index contributed by atoms with van der Waals surface area (Å²) in [6, 6.07) is 8.33. The second-order valence-electron chi connectivity index (χ2n) is 4.99. The SMILES string of the molecule is COc1cccc(CCNc2nncc(NC(C)C)n2)c1. The van der Waals surface area contributed by atoms with Crippen molar-refractivity contribution in [1.29, 1.82) is 0 Å². The maximum Gasteiger partial charge on any atom is 0.244 e. The number of nitrogens with one attached hydrogen (secondary N) is 2. The molecular formula is C15H21N5O. The van der Waals surface area contributed by atoms with E-state index in [9.17, 15) is 0 Å². The summed E-state index contributed by atoms with van der Waals surface area (Å²) in [6.45, 7) is 4.84. The Kier molecular flexibility index (Phi) is 5.31. The number of benzene rings is 1. The van der Waals surface area contributed by atoms with E-state index in [4.69, 9.17) is 4.74 Å². The average molecular weight is 287 g/mol. The Hall–Kier alpha value is -2.37. The van der Waals surface area contributed by atoms with Crippen molar-refractivity contribution in [2.24, 2.45) is 0 Å². The standard InChI is InChI=1S/C15H21N5O/c1-11(2)18-14-10-17-20-15(19-14)16-8-7-12-5-4-6-13(9-12)21-3/h4-6,9-11H,7-8H2,1-3H3,(H2,16,18,19,20). The Balaban J connectivity index is 1.88. The first-order chi connectivity index (χ1) is 10.2. The number of anilines is 2. The molecule has 0 unspecified atom stereocenters. The van der Waals surface area contributed by atoms with E-state index in [-0.39, 0.29) is 0 Å². The van der Waals surface area contributed by atoms with Crippen LogP contribution in [0.2, 0.25) is 0 Å². The first kappa shape index (κ1) is 15.0. The highest BCUT2D eigenvalue weighted by molar-refractivity contribution is 5.37. The van der Waals surface area contributed by atoms with Crippen molar-refractivity contribution < 1.29 is 4.74 Å². The van der Waals surface area contributed by atoms with E-state index < -0.39 is 0 Å². The number of ether oxygens (including phenoxy) is 1. The summed E-state index contributed by atoms with van der Waals surface area (Å²) in [7, 11) is 1.67. The lowest BCUT2D eigenvalue weighted by molar-refractivity contribution is 0.414. The molecule has 2 N–H and O–H groups in total. The van der Waals surface area contributed by atoms with Crippen LogP contribution in [0.1, 0.15) is 19.4 Å². The van der Waals surface area contributed by atoms with Crippen LogP contribution in [-0.4, -0.2) is 34.9 Å². The molecule has 2 rings (SSSR count). The quantitative estimate of drug-likeness (QED) is 0.814. The highest BCUT2D eigenvalue weighted by Crippen LogP contribution is 2.13. The summed E-state index contributed by atoms with van der Waals surface area (Å²) >= 11 is 0. The molecule has 0 aliphatic rings. The van der Waals surface area contributed by atoms with Crippen molar-refractivity contribution in [3.05, 3.63) is 36.0 Å². The van der Waals surface area contributed by atoms with Gasteiger partial charge in [-0.15, -0.1) is 5.10 Å². The van der Waals surface area contributed by atoms with Crippen molar-refractivity contribution in [3.8, 4) is 5.75 Å². The number of methoxy groups -OCH3 is 1. The van der Waals surface area contributed by atoms with Crippen LogP contribution in [0.25, 0.3) is 0 Å². The fourth-order valence-corrected chi connectivity index (χ4v) is 1.89. The van der Waals surface area contributed by atoms with E-state index in [2.05, 4.69) is 45.7 Å². The van der Waals surface area contributed by atoms with Crippen LogP contribution in [0.5, 0.6) is 5.75 Å². The molecule has 0 spiro atoms. The minimum Gasteiger partial charge on any atom is -0.497 e. The van der Waals surface area contributed by atoms with Crippen LogP contribution in [0.3, 0.4) is 0 Å². The van der Waals surface area contributed by atoms with Crippen molar-refractivity contribution >= 4 is 11.8 Å². The van der Waals surface area contributed by atoms with E-state index >= 15 is 0 Å². The summed E-state index contributed by atoms with van der Waals surface area (Å²) < 4.78 is 5.21. The van der Waals surface area contributed by atoms with Crippen LogP contribution in [-0.2, 0) is 6.42 Å². The fourth-order valence-electron chi connectivity index (χ4n) is 1.89. The summed E-state index contributed by atoms with van der Waals surface area (Å²) in [5, 5.41) is 14.3. The van der Waals surface area contributed by atoms with Crippen LogP contribution >= 0.6 is 0 Å². The topological polar surface area (TPSA) is 72.0 Å². The first-order valence-corrected chi connectivity index (χ1v) is 7.00. The smallest absolute Gasteiger partial charge is 0.244 e. The number of hydrogen-bond donors (Lipinski definition) is 2. The Morgan fingerprint density at radius 2 is 2.14 bits per heavy atom. The molecule has 1 heterocycles. The number of nitrogens with zero attached hydrogens (tertiary/aromatic N) is 3. The molecule has 0 fully saturated rings. The first-order valence-electron chi connectivity index (χ1n) is 7.00. The molecule has 0 bridgehead atoms. The monoisotopic (exact) mass is 287 g/mol. The Labute approximate surface area is 125 Å². The lowest BCUT2D eigenvalue weighted by atomic mass is 10.1. The van der Waals surface area contributed by atoms with Crippen LogP contribution < -0.4 is 15.4 Å². The Bertz CT molecular complexity index is 573. The predicted octanol–water partition coefficient (Wildman–Crippen LogP) is 2.36. The molecule has 112 valence electrons. The zero-order valence-corrected chi connectivity index (χ0v) is 12.6. The molecule has 0 aliphatic carbocycles. The van der Waals surface area contributed by atoms with Gasteiger partial charge in [0, 0.05) is 12.6 Å². The molecule has 0 saturated carbocycles. The molecule has 6 heteroatoms. The number of rotatable bonds is 7. The molecule has 6 nitrogen and oxygen atoms in total. The van der Waals surface area contributed by atoms with E-state index in [0.717, 1.165) is 24.5 Å². The van der Waals surface area contributed by atoms with Gasteiger partial charge in [0.1, 0.15) is 5.75 Å². The van der Waals surface area contributed by atoms with Gasteiger partial charge >= 0.3 is 0 Å². The number of hydrogen-bond acceptors (Lipinski definition) is 6. The molecule has 0 saturated heterocycles. The van der Waals surface area contributed by atoms with Gasteiger partial charge in [0.2, 0.25) is 5.95 Å². The van der Waals surface area contributed by atoms with E-state index in [0.29, 0.717) is 12.0 Å². The van der Waals surface area contributed by atoms with Gasteiger partial charge < -0.3 is 15.4 Å². The third-order valence-corrected chi connectivity index (χ3v) is 2.83. The summed E-state index contributed by atoms with van der Waals surface area (Å²) in [5.41, 5.74) is 1.20. The summed E-state index contributed by atoms with van der Waals surface area (Å²) in [4.78, 5) is 4.36. The lowest BCUT2D eigenvalue weighted by Crippen LogP contribution is -2.14. The normalized spacial score (nSPS) is 10.5. The minimum atomic E-state index is 0.311. The molecule has 1 aromatic carbocycles. The van der Waals surface area contributed by atoms with Gasteiger partial charge in [-0.1, -0.05) is 12.1 Å². The van der Waals surface area contributed by atoms with Crippen LogP contribution in [0.4, 0.5) is 11.8 Å². The van der Waals surface area contributed by atoms with Gasteiger partial charge in [-0.05, 0) is 38.0 Å². The third-order valence-electron chi connectivity index (χ3n) is 2.83.